The summed E-state index contributed by atoms with van der Waals surface area (Å²) < 4.78 is 45.1. The SMILES string of the molecule is CC[C@H](C)[C@@H]([C@@H](CC(=O)N1CCC[C@H]1[C@H](OC)C(C)C(=O)N[C@@H](Cc1ccccc1)c1nccs1)OC)N(C)C(=O)[C@@H](NC(=O)[C@H](C(C)C)N(C)C(=O)CCOCCOCCOCCOCCOCCOCCN)C(C)C. The van der Waals surface area contributed by atoms with Crippen molar-refractivity contribution in [3.05, 3.63) is 52.5 Å². The van der Waals surface area contributed by atoms with Gasteiger partial charge >= 0.3 is 0 Å². The molecule has 3 rings (SSSR count). The molecule has 2 heterocycles. The number of rotatable bonds is 41. The number of hydrogen-bond donors (Lipinski definition) is 3. The van der Waals surface area contributed by atoms with Gasteiger partial charge in [0.1, 0.15) is 17.1 Å². The van der Waals surface area contributed by atoms with Crippen molar-refractivity contribution in [3.8, 4) is 0 Å². The molecule has 1 saturated heterocycles. The molecule has 1 aromatic carbocycles. The van der Waals surface area contributed by atoms with Gasteiger partial charge in [0.05, 0.1) is 128 Å². The monoisotopic (exact) mass is 1110 g/mol. The van der Waals surface area contributed by atoms with E-state index in [0.717, 1.165) is 17.0 Å². The van der Waals surface area contributed by atoms with E-state index < -0.39 is 42.2 Å². The number of ether oxygens (including phenoxy) is 8. The first kappa shape index (κ1) is 67.1. The van der Waals surface area contributed by atoms with Crippen LogP contribution in [0.4, 0.5) is 0 Å². The number of likely N-dealkylation sites (tertiary alicyclic amines) is 1. The van der Waals surface area contributed by atoms with Crippen LogP contribution in [0.25, 0.3) is 0 Å². The van der Waals surface area contributed by atoms with Crippen LogP contribution in [-0.4, -0.2) is 206 Å². The molecule has 2 aromatic rings. The maximum absolute atomic E-state index is 14.7. The highest BCUT2D eigenvalue weighted by molar-refractivity contribution is 7.09. The Kier molecular flexibility index (Phi) is 32.8. The lowest BCUT2D eigenvalue weighted by atomic mass is 9.89. The molecule has 5 amide bonds. The zero-order valence-electron chi connectivity index (χ0n) is 48.1. The van der Waals surface area contributed by atoms with Gasteiger partial charge in [-0.15, -0.1) is 11.3 Å². The lowest BCUT2D eigenvalue weighted by Gasteiger charge is -2.41. The van der Waals surface area contributed by atoms with Crippen molar-refractivity contribution in [2.45, 2.75) is 129 Å². The van der Waals surface area contributed by atoms with E-state index in [-0.39, 0.29) is 79.5 Å². The largest absolute Gasteiger partial charge is 0.379 e. The Bertz CT molecular complexity index is 1950. The third kappa shape index (κ3) is 22.8. The summed E-state index contributed by atoms with van der Waals surface area (Å²) in [6.45, 7) is 19.2. The average molecular weight is 1110 g/mol. The van der Waals surface area contributed by atoms with Gasteiger partial charge in [-0.05, 0) is 42.6 Å². The van der Waals surface area contributed by atoms with Gasteiger partial charge in [-0.1, -0.05) is 85.2 Å². The quantitative estimate of drug-likeness (QED) is 0.0777. The standard InChI is InChI=1S/C56H95N7O13S/c1-12-41(6)51(46(69-10)38-48(65)63-23-16-19-45(63)52(70-11)42(7)53(66)59-44(55-58-22-36-77-55)37-43-17-14-13-15-18-43)62(9)56(68)49(39(2)3)60-54(67)50(40(4)5)61(8)47(64)20-24-71-26-28-73-30-32-75-34-35-76-33-31-74-29-27-72-25-21-57/h13-15,17-18,22,36,39-42,44-46,49-52H,12,16,19-21,23-35,37-38,57H2,1-11H3,(H,59,66)(H,60,67)/t41-,42?,44-,45-,46+,49-,50-,51-,52+/m0/s1. The number of carbonyl (C=O) groups excluding carboxylic acids is 5. The first-order chi connectivity index (χ1) is 37.0. The molecule has 77 heavy (non-hydrogen) atoms. The summed E-state index contributed by atoms with van der Waals surface area (Å²) in [6, 6.07) is 6.91. The fourth-order valence-corrected chi connectivity index (χ4v) is 10.4. The lowest BCUT2D eigenvalue weighted by Crippen LogP contribution is -2.60. The number of amides is 5. The number of thiazole rings is 1. The number of methoxy groups -OCH3 is 2. The van der Waals surface area contributed by atoms with E-state index in [9.17, 15) is 24.0 Å². The van der Waals surface area contributed by atoms with E-state index in [4.69, 9.17) is 43.6 Å². The van der Waals surface area contributed by atoms with Crippen LogP contribution in [0.2, 0.25) is 0 Å². The van der Waals surface area contributed by atoms with Gasteiger partial charge in [-0.25, -0.2) is 4.98 Å². The molecule has 1 fully saturated rings. The highest BCUT2D eigenvalue weighted by Gasteiger charge is 2.44. The Labute approximate surface area is 463 Å². The maximum atomic E-state index is 14.7. The topological polar surface area (TPSA) is 232 Å². The number of likely N-dealkylation sites (N-methyl/N-ethyl adjacent to an activating group) is 2. The van der Waals surface area contributed by atoms with Crippen LogP contribution in [0.3, 0.4) is 0 Å². The van der Waals surface area contributed by atoms with Gasteiger partial charge in [-0.3, -0.25) is 24.0 Å². The van der Waals surface area contributed by atoms with E-state index >= 15 is 0 Å². The molecule has 0 radical (unpaired) electrons. The first-order valence-corrected chi connectivity index (χ1v) is 28.5. The fraction of sp³-hybridized carbons (Fsp3) is 0.750. The average Bonchev–Trinajstić information content (AvgIpc) is 4.15. The highest BCUT2D eigenvalue weighted by Crippen LogP contribution is 2.31. The number of nitrogens with zero attached hydrogens (tertiary/aromatic N) is 4. The number of nitrogens with two attached hydrogens (primary N) is 1. The Balaban J connectivity index is 1.55. The Morgan fingerprint density at radius 1 is 0.753 bits per heavy atom. The molecule has 1 aliphatic rings. The predicted octanol–water partition coefficient (Wildman–Crippen LogP) is 4.54. The van der Waals surface area contributed by atoms with E-state index in [1.54, 1.807) is 39.4 Å². The molecular formula is C56H95N7O13S. The zero-order chi connectivity index (χ0) is 56.7. The second-order valence-electron chi connectivity index (χ2n) is 20.3. The third-order valence-electron chi connectivity index (χ3n) is 14.1. The number of carbonyl (C=O) groups is 5. The van der Waals surface area contributed by atoms with Gasteiger partial charge in [0.2, 0.25) is 29.5 Å². The first-order valence-electron chi connectivity index (χ1n) is 27.6. The van der Waals surface area contributed by atoms with Crippen LogP contribution in [0.15, 0.2) is 41.9 Å². The van der Waals surface area contributed by atoms with Gasteiger partial charge < -0.3 is 69.0 Å². The number of nitrogens with one attached hydrogen (secondary N) is 2. The van der Waals surface area contributed by atoms with Crippen LogP contribution in [0.1, 0.15) is 97.2 Å². The van der Waals surface area contributed by atoms with Gasteiger partial charge in [-0.2, -0.15) is 0 Å². The van der Waals surface area contributed by atoms with Crippen LogP contribution in [-0.2, 0) is 68.3 Å². The van der Waals surface area contributed by atoms with Crippen LogP contribution in [0, 0.1) is 23.7 Å². The van der Waals surface area contributed by atoms with Crippen LogP contribution in [0.5, 0.6) is 0 Å². The molecule has 0 saturated carbocycles. The number of benzene rings is 1. The minimum atomic E-state index is -0.942. The molecule has 0 spiro atoms. The summed E-state index contributed by atoms with van der Waals surface area (Å²) in [6.07, 6.45) is 3.13. The van der Waals surface area contributed by atoms with E-state index in [2.05, 4.69) is 15.6 Å². The van der Waals surface area contributed by atoms with Crippen molar-refractivity contribution < 1.29 is 61.9 Å². The fourth-order valence-electron chi connectivity index (χ4n) is 9.74. The van der Waals surface area contributed by atoms with Crippen molar-refractivity contribution in [2.75, 3.05) is 121 Å². The Hall–Kier alpha value is -4.16. The van der Waals surface area contributed by atoms with E-state index in [0.29, 0.717) is 98.4 Å². The van der Waals surface area contributed by atoms with E-state index in [1.165, 1.54) is 16.2 Å². The third-order valence-corrected chi connectivity index (χ3v) is 15.0. The number of aromatic nitrogens is 1. The van der Waals surface area contributed by atoms with Crippen molar-refractivity contribution >= 4 is 40.9 Å². The van der Waals surface area contributed by atoms with Crippen LogP contribution < -0.4 is 16.4 Å². The van der Waals surface area contributed by atoms with Crippen molar-refractivity contribution in [1.29, 1.82) is 0 Å². The summed E-state index contributed by atoms with van der Waals surface area (Å²) in [5.41, 5.74) is 6.45. The summed E-state index contributed by atoms with van der Waals surface area (Å²) in [5.74, 6) is -2.70. The Morgan fingerprint density at radius 3 is 1.82 bits per heavy atom. The molecule has 1 aliphatic heterocycles. The molecular weight excluding hydrogens is 1010 g/mol. The molecule has 4 N–H and O–H groups in total. The summed E-state index contributed by atoms with van der Waals surface area (Å²) >= 11 is 1.49. The normalized spacial score (nSPS) is 16.9. The van der Waals surface area contributed by atoms with Crippen molar-refractivity contribution in [3.63, 3.8) is 0 Å². The Morgan fingerprint density at radius 2 is 1.32 bits per heavy atom. The van der Waals surface area contributed by atoms with Crippen molar-refractivity contribution in [2.24, 2.45) is 29.4 Å². The van der Waals surface area contributed by atoms with E-state index in [1.807, 2.05) is 89.1 Å². The number of hydrogen-bond acceptors (Lipinski definition) is 16. The van der Waals surface area contributed by atoms with Gasteiger partial charge in [0.25, 0.3) is 0 Å². The summed E-state index contributed by atoms with van der Waals surface area (Å²) in [7, 11) is 6.42. The molecule has 1 aromatic heterocycles. The second-order valence-corrected chi connectivity index (χ2v) is 21.3. The lowest BCUT2D eigenvalue weighted by molar-refractivity contribution is -0.148. The second kappa shape index (κ2) is 37.7. The zero-order valence-corrected chi connectivity index (χ0v) is 48.9. The molecule has 20 nitrogen and oxygen atoms in total. The summed E-state index contributed by atoms with van der Waals surface area (Å²) in [4.78, 5) is 80.2. The summed E-state index contributed by atoms with van der Waals surface area (Å²) in [5, 5.41) is 8.94. The molecule has 0 bridgehead atoms. The molecule has 0 aliphatic carbocycles. The smallest absolute Gasteiger partial charge is 0.245 e. The van der Waals surface area contributed by atoms with Crippen molar-refractivity contribution in [1.82, 2.24) is 30.3 Å². The molecule has 9 atom stereocenters. The molecule has 21 heteroatoms. The molecule has 1 unspecified atom stereocenters. The predicted molar refractivity (Wildman–Crippen MR) is 296 cm³/mol. The maximum Gasteiger partial charge on any atom is 0.245 e. The minimum Gasteiger partial charge on any atom is -0.379 e. The minimum absolute atomic E-state index is 0.0189. The van der Waals surface area contributed by atoms with Crippen LogP contribution >= 0.6 is 11.3 Å². The van der Waals surface area contributed by atoms with Gasteiger partial charge in [0.15, 0.2) is 0 Å². The van der Waals surface area contributed by atoms with Gasteiger partial charge in [0, 0.05) is 53.0 Å². The highest BCUT2D eigenvalue weighted by atomic mass is 32.1. The molecule has 438 valence electrons.